The van der Waals surface area contributed by atoms with Gasteiger partial charge in [0.1, 0.15) is 5.75 Å². The molecule has 0 aromatic heterocycles. The number of nitrogens with zero attached hydrogens (tertiary/aromatic N) is 1. The highest BCUT2D eigenvalue weighted by Gasteiger charge is 2.31. The normalized spacial score (nSPS) is 18.7. The summed E-state index contributed by atoms with van der Waals surface area (Å²) < 4.78 is 39.8. The molecule has 1 aromatic rings. The molecule has 0 unspecified atom stereocenters. The average Bonchev–Trinajstić information content (AvgIpc) is 2.87. The van der Waals surface area contributed by atoms with Gasteiger partial charge in [0.2, 0.25) is 0 Å². The second-order valence-electron chi connectivity index (χ2n) is 4.67. The van der Waals surface area contributed by atoms with Crippen LogP contribution >= 0.6 is 0 Å². The molecule has 0 bridgehead atoms. The van der Waals surface area contributed by atoms with Gasteiger partial charge in [0, 0.05) is 12.2 Å². The van der Waals surface area contributed by atoms with Crippen LogP contribution in [0.15, 0.2) is 24.3 Å². The highest BCUT2D eigenvalue weighted by Crippen LogP contribution is 2.24. The Morgan fingerprint density at radius 3 is 2.62 bits per heavy atom. The molecule has 2 amide bonds. The Kier molecular flexibility index (Phi) is 4.56. The molecule has 1 atom stereocenters. The molecule has 116 valence electrons. The lowest BCUT2D eigenvalue weighted by Gasteiger charge is -2.23. The average molecular weight is 304 g/mol. The number of amides is 2. The lowest BCUT2D eigenvalue weighted by molar-refractivity contribution is -0.274. The van der Waals surface area contributed by atoms with Gasteiger partial charge < -0.3 is 20.1 Å². The van der Waals surface area contributed by atoms with Crippen molar-refractivity contribution in [3.05, 3.63) is 24.3 Å². The van der Waals surface area contributed by atoms with E-state index in [1.54, 1.807) is 0 Å². The van der Waals surface area contributed by atoms with Gasteiger partial charge in [-0.05, 0) is 37.1 Å². The van der Waals surface area contributed by atoms with Crippen molar-refractivity contribution < 1.29 is 27.8 Å². The summed E-state index contributed by atoms with van der Waals surface area (Å²) in [5.41, 5.74) is 0.359. The van der Waals surface area contributed by atoms with Crippen LogP contribution in [0.25, 0.3) is 0 Å². The highest BCUT2D eigenvalue weighted by atomic mass is 19.4. The van der Waals surface area contributed by atoms with Crippen LogP contribution in [0, 0.1) is 0 Å². The molecule has 1 saturated heterocycles. The maximum Gasteiger partial charge on any atom is 0.573 e. The van der Waals surface area contributed by atoms with Gasteiger partial charge in [-0.25, -0.2) is 4.79 Å². The van der Waals surface area contributed by atoms with Crippen LogP contribution < -0.4 is 10.1 Å². The second-order valence-corrected chi connectivity index (χ2v) is 4.67. The van der Waals surface area contributed by atoms with Gasteiger partial charge in [0.05, 0.1) is 12.6 Å². The summed E-state index contributed by atoms with van der Waals surface area (Å²) >= 11 is 0. The Morgan fingerprint density at radius 1 is 1.38 bits per heavy atom. The number of rotatable bonds is 3. The zero-order chi connectivity index (χ0) is 15.5. The van der Waals surface area contributed by atoms with E-state index in [1.165, 1.54) is 17.0 Å². The third-order valence-corrected chi connectivity index (χ3v) is 3.19. The number of anilines is 1. The van der Waals surface area contributed by atoms with Gasteiger partial charge in [0.25, 0.3) is 0 Å². The van der Waals surface area contributed by atoms with Crippen LogP contribution in [0.2, 0.25) is 0 Å². The molecule has 8 heteroatoms. The summed E-state index contributed by atoms with van der Waals surface area (Å²) in [4.78, 5) is 13.5. The number of nitrogens with one attached hydrogen (secondary N) is 1. The van der Waals surface area contributed by atoms with Crippen molar-refractivity contribution in [1.29, 1.82) is 0 Å². The Labute approximate surface area is 119 Å². The van der Waals surface area contributed by atoms with E-state index >= 15 is 0 Å². The van der Waals surface area contributed by atoms with Crippen molar-refractivity contribution in [3.8, 4) is 5.75 Å². The molecule has 1 aromatic carbocycles. The summed E-state index contributed by atoms with van der Waals surface area (Å²) in [5, 5.41) is 11.7. The minimum Gasteiger partial charge on any atom is -0.406 e. The lowest BCUT2D eigenvalue weighted by Crippen LogP contribution is -2.40. The Bertz CT molecular complexity index is 490. The molecule has 1 heterocycles. The molecule has 21 heavy (non-hydrogen) atoms. The standard InChI is InChI=1S/C13H15F3N2O3/c14-13(15,16)21-11-5-3-9(4-6-11)17-12(20)18-7-1-2-10(18)8-19/h3-6,10,19H,1-2,7-8H2,(H,17,20)/t10-/m1/s1. The number of ether oxygens (including phenoxy) is 1. The van der Waals surface area contributed by atoms with E-state index in [0.29, 0.717) is 12.2 Å². The number of hydrogen-bond acceptors (Lipinski definition) is 3. The fraction of sp³-hybridized carbons (Fsp3) is 0.462. The number of aliphatic hydroxyl groups excluding tert-OH is 1. The Hall–Kier alpha value is -1.96. The van der Waals surface area contributed by atoms with Crippen molar-refractivity contribution in [1.82, 2.24) is 4.90 Å². The minimum absolute atomic E-state index is 0.105. The first-order valence-corrected chi connectivity index (χ1v) is 6.43. The summed E-state index contributed by atoms with van der Waals surface area (Å²) in [5.74, 6) is -0.352. The van der Waals surface area contributed by atoms with Gasteiger partial charge in [-0.2, -0.15) is 0 Å². The largest absolute Gasteiger partial charge is 0.573 e. The number of carbonyl (C=O) groups is 1. The first-order chi connectivity index (χ1) is 9.89. The van der Waals surface area contributed by atoms with Crippen LogP contribution in [0.3, 0.4) is 0 Å². The molecular weight excluding hydrogens is 289 g/mol. The molecule has 0 aliphatic carbocycles. The SMILES string of the molecule is O=C(Nc1ccc(OC(F)(F)F)cc1)N1CCC[C@@H]1CO. The predicted octanol–water partition coefficient (Wildman–Crippen LogP) is 2.57. The zero-order valence-corrected chi connectivity index (χ0v) is 11.1. The maximum atomic E-state index is 12.0. The number of aliphatic hydroxyl groups is 1. The number of carbonyl (C=O) groups excluding carboxylic acids is 1. The minimum atomic E-state index is -4.74. The smallest absolute Gasteiger partial charge is 0.406 e. The first kappa shape index (κ1) is 15.4. The third-order valence-electron chi connectivity index (χ3n) is 3.19. The first-order valence-electron chi connectivity index (χ1n) is 6.43. The number of halogens is 3. The summed E-state index contributed by atoms with van der Waals surface area (Å²) in [6, 6.07) is 4.30. The topological polar surface area (TPSA) is 61.8 Å². The molecule has 1 aliphatic rings. The van der Waals surface area contributed by atoms with Crippen molar-refractivity contribution >= 4 is 11.7 Å². The number of urea groups is 1. The van der Waals surface area contributed by atoms with Crippen LogP contribution in [0.1, 0.15) is 12.8 Å². The monoisotopic (exact) mass is 304 g/mol. The number of benzene rings is 1. The molecule has 0 radical (unpaired) electrons. The van der Waals surface area contributed by atoms with E-state index in [0.717, 1.165) is 25.0 Å². The molecule has 0 saturated carbocycles. The summed E-state index contributed by atoms with van der Waals surface area (Å²) in [6.07, 6.45) is -3.19. The van der Waals surface area contributed by atoms with Crippen LogP contribution in [-0.4, -0.2) is 41.6 Å². The molecule has 2 rings (SSSR count). The molecule has 1 aliphatic heterocycles. The van der Waals surface area contributed by atoms with Crippen molar-refractivity contribution in [2.75, 3.05) is 18.5 Å². The molecule has 2 N–H and O–H groups in total. The Morgan fingerprint density at radius 2 is 2.05 bits per heavy atom. The number of alkyl halides is 3. The Balaban J connectivity index is 1.95. The van der Waals surface area contributed by atoms with Gasteiger partial charge in [0.15, 0.2) is 0 Å². The van der Waals surface area contributed by atoms with Gasteiger partial charge in [-0.1, -0.05) is 0 Å². The van der Waals surface area contributed by atoms with Crippen molar-refractivity contribution in [2.45, 2.75) is 25.2 Å². The quantitative estimate of drug-likeness (QED) is 0.902. The van der Waals surface area contributed by atoms with E-state index in [-0.39, 0.29) is 24.4 Å². The second kappa shape index (κ2) is 6.21. The van der Waals surface area contributed by atoms with Crippen molar-refractivity contribution in [3.63, 3.8) is 0 Å². The highest BCUT2D eigenvalue weighted by molar-refractivity contribution is 5.89. The number of likely N-dealkylation sites (tertiary alicyclic amines) is 1. The van der Waals surface area contributed by atoms with Crippen molar-refractivity contribution in [2.24, 2.45) is 0 Å². The van der Waals surface area contributed by atoms with Crippen LogP contribution in [0.4, 0.5) is 23.7 Å². The predicted molar refractivity (Wildman–Crippen MR) is 69.0 cm³/mol. The third kappa shape index (κ3) is 4.25. The molecule has 0 spiro atoms. The fourth-order valence-electron chi connectivity index (χ4n) is 2.23. The molecular formula is C13H15F3N2O3. The maximum absolute atomic E-state index is 12.0. The van der Waals surface area contributed by atoms with E-state index in [9.17, 15) is 18.0 Å². The molecule has 1 fully saturated rings. The number of hydrogen-bond donors (Lipinski definition) is 2. The van der Waals surface area contributed by atoms with Gasteiger partial charge in [-0.15, -0.1) is 13.2 Å². The summed E-state index contributed by atoms with van der Waals surface area (Å²) in [6.45, 7) is 0.443. The van der Waals surface area contributed by atoms with E-state index in [2.05, 4.69) is 10.1 Å². The fourth-order valence-corrected chi connectivity index (χ4v) is 2.23. The van der Waals surface area contributed by atoms with Gasteiger partial charge in [-0.3, -0.25) is 0 Å². The van der Waals surface area contributed by atoms with E-state index in [4.69, 9.17) is 5.11 Å². The van der Waals surface area contributed by atoms with E-state index in [1.807, 2.05) is 0 Å². The van der Waals surface area contributed by atoms with Crippen LogP contribution in [-0.2, 0) is 0 Å². The van der Waals surface area contributed by atoms with Gasteiger partial charge >= 0.3 is 12.4 Å². The molecule has 5 nitrogen and oxygen atoms in total. The van der Waals surface area contributed by atoms with Crippen LogP contribution in [0.5, 0.6) is 5.75 Å². The zero-order valence-electron chi connectivity index (χ0n) is 11.1. The summed E-state index contributed by atoms with van der Waals surface area (Å²) in [7, 11) is 0. The lowest BCUT2D eigenvalue weighted by atomic mass is 10.2. The van der Waals surface area contributed by atoms with E-state index < -0.39 is 6.36 Å².